The Morgan fingerprint density at radius 3 is 2.08 bits per heavy atom. The molecule has 0 radical (unpaired) electrons. The number of hydrogen-bond acceptors (Lipinski definition) is 0. The summed E-state index contributed by atoms with van der Waals surface area (Å²) in [6.45, 7) is 4.88. The summed E-state index contributed by atoms with van der Waals surface area (Å²) in [5.74, 6) is 4.25. The molecule has 0 aliphatic heterocycles. The molecule has 0 aromatic heterocycles. The Hall–Kier alpha value is 0. The molecular weight excluding hydrogens is 144 g/mol. The Morgan fingerprint density at radius 2 is 1.50 bits per heavy atom. The van der Waals surface area contributed by atoms with Gasteiger partial charge in [-0.2, -0.15) is 0 Å². The smallest absolute Gasteiger partial charge is 0.0409 e. The van der Waals surface area contributed by atoms with Gasteiger partial charge in [-0.15, -0.1) is 0 Å². The van der Waals surface area contributed by atoms with E-state index in [1.54, 1.807) is 19.3 Å². The van der Waals surface area contributed by atoms with E-state index in [0.29, 0.717) is 0 Å². The summed E-state index contributed by atoms with van der Waals surface area (Å²) in [6, 6.07) is 0. The molecule has 0 heteroatoms. The molecule has 0 saturated heterocycles. The van der Waals surface area contributed by atoms with Crippen molar-refractivity contribution in [1.29, 1.82) is 0 Å². The molecule has 3 atom stereocenters. The molecule has 0 aromatic carbocycles. The van der Waals surface area contributed by atoms with E-state index in [2.05, 4.69) is 13.8 Å². The lowest BCUT2D eigenvalue weighted by atomic mass is 9.74. The molecule has 70 valence electrons. The summed E-state index contributed by atoms with van der Waals surface area (Å²) in [4.78, 5) is 0. The van der Waals surface area contributed by atoms with Crippen LogP contribution in [0.15, 0.2) is 0 Å². The lowest BCUT2D eigenvalue weighted by Crippen LogP contribution is -2.20. The normalized spacial score (nSPS) is 43.0. The monoisotopic (exact) mass is 166 g/mol. The quantitative estimate of drug-likeness (QED) is 0.584. The minimum Gasteiger partial charge on any atom is -0.0623 e. The van der Waals surface area contributed by atoms with Crippen LogP contribution in [-0.4, -0.2) is 0 Å². The summed E-state index contributed by atoms with van der Waals surface area (Å²) < 4.78 is 0. The summed E-state index contributed by atoms with van der Waals surface area (Å²) >= 11 is 0. The fraction of sp³-hybridized carbons (Fsp3) is 1.00. The van der Waals surface area contributed by atoms with Crippen molar-refractivity contribution >= 4 is 0 Å². The number of hydrogen-bond donors (Lipinski definition) is 0. The van der Waals surface area contributed by atoms with E-state index in [0.717, 1.165) is 23.7 Å². The average Bonchev–Trinajstić information content (AvgIpc) is 2.81. The van der Waals surface area contributed by atoms with Crippen LogP contribution in [0, 0.1) is 23.7 Å². The van der Waals surface area contributed by atoms with Gasteiger partial charge in [-0.1, -0.05) is 39.5 Å². The minimum atomic E-state index is 1.00. The third kappa shape index (κ3) is 2.02. The molecule has 2 aliphatic rings. The zero-order valence-electron chi connectivity index (χ0n) is 8.55. The molecule has 0 nitrogen and oxygen atoms in total. The first-order valence-corrected chi connectivity index (χ1v) is 5.75. The van der Waals surface area contributed by atoms with Gasteiger partial charge in [0.1, 0.15) is 0 Å². The van der Waals surface area contributed by atoms with Gasteiger partial charge in [0.05, 0.1) is 0 Å². The van der Waals surface area contributed by atoms with Gasteiger partial charge in [-0.05, 0) is 36.5 Å². The van der Waals surface area contributed by atoms with Crippen LogP contribution in [0.3, 0.4) is 0 Å². The van der Waals surface area contributed by atoms with Crippen molar-refractivity contribution in [2.24, 2.45) is 23.7 Å². The van der Waals surface area contributed by atoms with Gasteiger partial charge in [0.2, 0.25) is 0 Å². The third-order valence-electron chi connectivity index (χ3n) is 4.07. The van der Waals surface area contributed by atoms with Crippen molar-refractivity contribution in [3.05, 3.63) is 0 Å². The largest absolute Gasteiger partial charge is 0.0623 e. The van der Waals surface area contributed by atoms with E-state index in [9.17, 15) is 0 Å². The first-order chi connectivity index (χ1) is 5.75. The van der Waals surface area contributed by atoms with Gasteiger partial charge < -0.3 is 0 Å². The van der Waals surface area contributed by atoms with Gasteiger partial charge in [0, 0.05) is 0 Å². The summed E-state index contributed by atoms with van der Waals surface area (Å²) in [5, 5.41) is 0. The van der Waals surface area contributed by atoms with E-state index < -0.39 is 0 Å². The molecule has 2 fully saturated rings. The molecule has 3 unspecified atom stereocenters. The van der Waals surface area contributed by atoms with Crippen LogP contribution in [0.2, 0.25) is 0 Å². The lowest BCUT2D eigenvalue weighted by Gasteiger charge is -2.32. The highest BCUT2D eigenvalue weighted by Gasteiger charge is 2.30. The molecule has 2 aliphatic carbocycles. The molecule has 0 spiro atoms. The molecule has 0 bridgehead atoms. The van der Waals surface area contributed by atoms with Gasteiger partial charge in [-0.25, -0.2) is 0 Å². The maximum atomic E-state index is 2.45. The van der Waals surface area contributed by atoms with Crippen molar-refractivity contribution in [2.75, 3.05) is 0 Å². The van der Waals surface area contributed by atoms with E-state index in [1.807, 2.05) is 0 Å². The van der Waals surface area contributed by atoms with Crippen molar-refractivity contribution in [1.82, 2.24) is 0 Å². The Bertz CT molecular complexity index is 146. The Morgan fingerprint density at radius 1 is 0.833 bits per heavy atom. The zero-order chi connectivity index (χ0) is 8.55. The van der Waals surface area contributed by atoms with E-state index in [4.69, 9.17) is 0 Å². The highest BCUT2D eigenvalue weighted by Crippen LogP contribution is 2.42. The Kier molecular flexibility index (Phi) is 2.43. The van der Waals surface area contributed by atoms with Gasteiger partial charge in [0.15, 0.2) is 0 Å². The minimum absolute atomic E-state index is 1.00. The lowest BCUT2D eigenvalue weighted by molar-refractivity contribution is 0.195. The Balaban J connectivity index is 1.76. The maximum Gasteiger partial charge on any atom is -0.0409 e. The zero-order valence-corrected chi connectivity index (χ0v) is 8.55. The highest BCUT2D eigenvalue weighted by atomic mass is 14.4. The molecule has 0 N–H and O–H groups in total. The second-order valence-electron chi connectivity index (χ2n) is 5.31. The predicted octanol–water partition coefficient (Wildman–Crippen LogP) is 3.86. The first-order valence-electron chi connectivity index (χ1n) is 5.75. The SMILES string of the molecule is CC1CCC(CC2CC2)CC1C. The van der Waals surface area contributed by atoms with Crippen molar-refractivity contribution < 1.29 is 0 Å². The molecule has 0 amide bonds. The van der Waals surface area contributed by atoms with Crippen LogP contribution in [0.5, 0.6) is 0 Å². The van der Waals surface area contributed by atoms with Crippen molar-refractivity contribution in [3.63, 3.8) is 0 Å². The van der Waals surface area contributed by atoms with Gasteiger partial charge >= 0.3 is 0 Å². The second kappa shape index (κ2) is 3.40. The number of rotatable bonds is 2. The maximum absolute atomic E-state index is 2.45. The van der Waals surface area contributed by atoms with Crippen molar-refractivity contribution in [3.8, 4) is 0 Å². The van der Waals surface area contributed by atoms with Gasteiger partial charge in [0.25, 0.3) is 0 Å². The Labute approximate surface area is 76.7 Å². The van der Waals surface area contributed by atoms with Crippen LogP contribution in [-0.2, 0) is 0 Å². The highest BCUT2D eigenvalue weighted by molar-refractivity contribution is 4.81. The molecular formula is C12H22. The second-order valence-corrected chi connectivity index (χ2v) is 5.31. The first kappa shape index (κ1) is 8.59. The van der Waals surface area contributed by atoms with Crippen LogP contribution in [0.25, 0.3) is 0 Å². The molecule has 0 heterocycles. The summed E-state index contributed by atoms with van der Waals surface area (Å²) in [6.07, 6.45) is 9.20. The molecule has 2 rings (SSSR count). The fourth-order valence-electron chi connectivity index (χ4n) is 2.70. The van der Waals surface area contributed by atoms with E-state index in [1.165, 1.54) is 19.3 Å². The fourth-order valence-corrected chi connectivity index (χ4v) is 2.70. The molecule has 12 heavy (non-hydrogen) atoms. The molecule has 2 saturated carbocycles. The van der Waals surface area contributed by atoms with E-state index in [-0.39, 0.29) is 0 Å². The van der Waals surface area contributed by atoms with Crippen molar-refractivity contribution in [2.45, 2.75) is 52.4 Å². The van der Waals surface area contributed by atoms with Crippen LogP contribution < -0.4 is 0 Å². The summed E-state index contributed by atoms with van der Waals surface area (Å²) in [5.41, 5.74) is 0. The molecule has 0 aromatic rings. The van der Waals surface area contributed by atoms with E-state index >= 15 is 0 Å². The van der Waals surface area contributed by atoms with Gasteiger partial charge in [-0.3, -0.25) is 0 Å². The standard InChI is InChI=1S/C12H22/c1-9-3-4-12(7-10(9)2)8-11-5-6-11/h9-12H,3-8H2,1-2H3. The van der Waals surface area contributed by atoms with Crippen LogP contribution in [0.1, 0.15) is 52.4 Å². The summed E-state index contributed by atoms with van der Waals surface area (Å²) in [7, 11) is 0. The third-order valence-corrected chi connectivity index (χ3v) is 4.07. The van der Waals surface area contributed by atoms with Crippen LogP contribution in [0.4, 0.5) is 0 Å². The topological polar surface area (TPSA) is 0 Å². The predicted molar refractivity (Wildman–Crippen MR) is 53.0 cm³/mol. The average molecular weight is 166 g/mol. The van der Waals surface area contributed by atoms with Crippen LogP contribution >= 0.6 is 0 Å².